The van der Waals surface area contributed by atoms with Gasteiger partial charge in [-0.3, -0.25) is 4.79 Å². The lowest BCUT2D eigenvalue weighted by atomic mass is 9.87. The van der Waals surface area contributed by atoms with E-state index in [2.05, 4.69) is 0 Å². The van der Waals surface area contributed by atoms with E-state index in [0.717, 1.165) is 21.7 Å². The first-order valence-corrected chi connectivity index (χ1v) is 12.7. The maximum absolute atomic E-state index is 13.0. The molecule has 0 bridgehead atoms. The summed E-state index contributed by atoms with van der Waals surface area (Å²) in [5, 5.41) is 0.748. The number of ether oxygens (including phenoxy) is 1. The molecular weight excluding hydrogens is 468 g/mol. The van der Waals surface area contributed by atoms with Crippen molar-refractivity contribution in [2.75, 3.05) is 0 Å². The van der Waals surface area contributed by atoms with E-state index in [1.165, 1.54) is 22.9 Å². The Morgan fingerprint density at radius 1 is 0.912 bits per heavy atom. The molecule has 5 nitrogen and oxygen atoms in total. The van der Waals surface area contributed by atoms with Crippen molar-refractivity contribution in [3.8, 4) is 5.75 Å². The molecule has 0 amide bonds. The first-order valence-electron chi connectivity index (χ1n) is 10.6. The van der Waals surface area contributed by atoms with Gasteiger partial charge in [-0.25, -0.2) is 9.59 Å². The summed E-state index contributed by atoms with van der Waals surface area (Å²) in [5.41, 5.74) is 0.741. The molecule has 1 heterocycles. The van der Waals surface area contributed by atoms with E-state index >= 15 is 0 Å². The zero-order valence-corrected chi connectivity index (χ0v) is 20.3. The fourth-order valence-corrected chi connectivity index (χ4v) is 5.80. The molecule has 0 saturated heterocycles. The van der Waals surface area contributed by atoms with Gasteiger partial charge in [-0.15, -0.1) is 0 Å². The van der Waals surface area contributed by atoms with Gasteiger partial charge in [0.1, 0.15) is 11.3 Å². The van der Waals surface area contributed by atoms with E-state index in [-0.39, 0.29) is 10.9 Å². The minimum Gasteiger partial charge on any atom is -0.423 e. The maximum Gasteiger partial charge on any atom is 0.344 e. The Balaban J connectivity index is 1.45. The lowest BCUT2D eigenvalue weighted by Crippen LogP contribution is -2.23. The molecule has 4 rings (SSSR count). The fraction of sp³-hybridized carbons (Fsp3) is 0.148. The third-order valence-corrected chi connectivity index (χ3v) is 7.73. The second-order valence-corrected chi connectivity index (χ2v) is 10.5. The van der Waals surface area contributed by atoms with Crippen LogP contribution in [0.1, 0.15) is 29.8 Å². The smallest absolute Gasteiger partial charge is 0.344 e. The number of benzene rings is 3. The molecule has 172 valence electrons. The Morgan fingerprint density at radius 3 is 2.41 bits per heavy atom. The Bertz CT molecular complexity index is 1390. The summed E-state index contributed by atoms with van der Waals surface area (Å²) in [6.45, 7) is 3.85. The molecule has 3 aromatic carbocycles. The van der Waals surface area contributed by atoms with Crippen molar-refractivity contribution in [2.24, 2.45) is 5.41 Å². The summed E-state index contributed by atoms with van der Waals surface area (Å²) in [6, 6.07) is 24.7. The lowest BCUT2D eigenvalue weighted by Gasteiger charge is -2.22. The molecule has 0 aliphatic carbocycles. The molecule has 0 aliphatic rings. The van der Waals surface area contributed by atoms with Crippen LogP contribution in [0.25, 0.3) is 11.0 Å². The van der Waals surface area contributed by atoms with Gasteiger partial charge in [0, 0.05) is 27.8 Å². The number of rotatable bonds is 7. The van der Waals surface area contributed by atoms with Crippen molar-refractivity contribution in [2.45, 2.75) is 25.2 Å². The van der Waals surface area contributed by atoms with Crippen molar-refractivity contribution in [3.05, 3.63) is 106 Å². The molecule has 0 aliphatic heterocycles. The number of hydrogen-bond donors (Lipinski definition) is 0. The van der Waals surface area contributed by atoms with Crippen LogP contribution in [0.5, 0.6) is 5.75 Å². The van der Waals surface area contributed by atoms with Crippen molar-refractivity contribution in [3.63, 3.8) is 0 Å². The average Bonchev–Trinajstić information content (AvgIpc) is 2.82. The molecule has 34 heavy (non-hydrogen) atoms. The Labute approximate surface area is 204 Å². The van der Waals surface area contributed by atoms with Gasteiger partial charge in [-0.1, -0.05) is 56.3 Å². The molecule has 4 aromatic rings. The van der Waals surface area contributed by atoms with Gasteiger partial charge in [0.2, 0.25) is 5.12 Å². The van der Waals surface area contributed by atoms with Crippen molar-refractivity contribution >= 4 is 43.6 Å². The average molecular weight is 491 g/mol. The van der Waals surface area contributed by atoms with Crippen LogP contribution >= 0.6 is 21.6 Å². The SMILES string of the molecule is CC(C)(Cc1ccccc1)C(=O)SSc1ccccc1C(=O)Oc1ccc2ccc(=O)oc2c1. The highest BCUT2D eigenvalue weighted by atomic mass is 33.1. The number of esters is 1. The predicted molar refractivity (Wildman–Crippen MR) is 136 cm³/mol. The monoisotopic (exact) mass is 490 g/mol. The molecule has 0 spiro atoms. The normalized spacial score (nSPS) is 11.4. The number of hydrogen-bond acceptors (Lipinski definition) is 7. The lowest BCUT2D eigenvalue weighted by molar-refractivity contribution is -0.118. The second-order valence-electron chi connectivity index (χ2n) is 8.34. The van der Waals surface area contributed by atoms with Crippen LogP contribution < -0.4 is 10.4 Å². The third-order valence-electron chi connectivity index (χ3n) is 5.16. The van der Waals surface area contributed by atoms with Gasteiger partial charge in [0.25, 0.3) is 0 Å². The van der Waals surface area contributed by atoms with Gasteiger partial charge in [0.15, 0.2) is 0 Å². The first-order chi connectivity index (χ1) is 16.3. The zero-order chi connectivity index (χ0) is 24.1. The van der Waals surface area contributed by atoms with E-state index in [4.69, 9.17) is 9.15 Å². The van der Waals surface area contributed by atoms with Crippen molar-refractivity contribution in [1.29, 1.82) is 0 Å². The Morgan fingerprint density at radius 2 is 1.62 bits per heavy atom. The Kier molecular flexibility index (Phi) is 7.24. The molecule has 7 heteroatoms. The molecule has 0 saturated carbocycles. The van der Waals surface area contributed by atoms with Crippen LogP contribution in [0.3, 0.4) is 0 Å². The number of fused-ring (bicyclic) bond motifs is 1. The molecule has 0 unspecified atom stereocenters. The molecule has 1 aromatic heterocycles. The van der Waals surface area contributed by atoms with E-state index in [1.807, 2.05) is 50.2 Å². The van der Waals surface area contributed by atoms with E-state index in [0.29, 0.717) is 22.5 Å². The minimum atomic E-state index is -0.566. The first kappa shape index (κ1) is 23.9. The van der Waals surface area contributed by atoms with Crippen LogP contribution in [-0.4, -0.2) is 11.1 Å². The van der Waals surface area contributed by atoms with E-state index in [1.54, 1.807) is 36.4 Å². The summed E-state index contributed by atoms with van der Waals surface area (Å²) in [6.07, 6.45) is 0.627. The summed E-state index contributed by atoms with van der Waals surface area (Å²) < 4.78 is 10.7. The highest BCUT2D eigenvalue weighted by Crippen LogP contribution is 2.40. The summed E-state index contributed by atoms with van der Waals surface area (Å²) in [5.74, 6) is -0.295. The van der Waals surface area contributed by atoms with Gasteiger partial charge in [-0.2, -0.15) is 0 Å². The molecule has 0 N–H and O–H groups in total. The highest BCUT2D eigenvalue weighted by molar-refractivity contribution is 8.82. The van der Waals surface area contributed by atoms with Crippen LogP contribution in [-0.2, 0) is 11.2 Å². The molecular formula is C27H22O5S2. The van der Waals surface area contributed by atoms with Crippen LogP contribution in [0.15, 0.2) is 99.0 Å². The third kappa shape index (κ3) is 5.79. The highest BCUT2D eigenvalue weighted by Gasteiger charge is 2.29. The van der Waals surface area contributed by atoms with Crippen LogP contribution in [0.4, 0.5) is 0 Å². The van der Waals surface area contributed by atoms with Gasteiger partial charge >= 0.3 is 11.6 Å². The summed E-state index contributed by atoms with van der Waals surface area (Å²) in [4.78, 5) is 38.0. The topological polar surface area (TPSA) is 73.6 Å². The largest absolute Gasteiger partial charge is 0.423 e. The van der Waals surface area contributed by atoms with Crippen LogP contribution in [0.2, 0.25) is 0 Å². The van der Waals surface area contributed by atoms with Gasteiger partial charge in [0.05, 0.1) is 5.56 Å². The molecule has 0 fully saturated rings. The summed E-state index contributed by atoms with van der Waals surface area (Å²) >= 11 is 0. The minimum absolute atomic E-state index is 0.0223. The standard InChI is InChI=1S/C27H22O5S2/c1-27(2,17-18-8-4-3-5-9-18)26(30)34-33-23-11-7-6-10-21(23)25(29)31-20-14-12-19-13-15-24(28)32-22(19)16-20/h3-16H,17H2,1-2H3. The predicted octanol–water partition coefficient (Wildman–Crippen LogP) is 6.55. The number of carbonyl (C=O) groups is 2. The van der Waals surface area contributed by atoms with E-state index < -0.39 is 17.0 Å². The van der Waals surface area contributed by atoms with Gasteiger partial charge < -0.3 is 9.15 Å². The fourth-order valence-electron chi connectivity index (χ4n) is 3.35. The van der Waals surface area contributed by atoms with Crippen LogP contribution in [0, 0.1) is 5.41 Å². The zero-order valence-electron chi connectivity index (χ0n) is 18.6. The van der Waals surface area contributed by atoms with E-state index in [9.17, 15) is 14.4 Å². The Hall–Kier alpha value is -3.29. The quantitative estimate of drug-likeness (QED) is 0.126. The second kappa shape index (κ2) is 10.3. The number of carbonyl (C=O) groups excluding carboxylic acids is 2. The molecule has 0 atom stereocenters. The van der Waals surface area contributed by atoms with Gasteiger partial charge in [-0.05, 0) is 63.9 Å². The summed E-state index contributed by atoms with van der Waals surface area (Å²) in [7, 11) is 2.36. The molecule has 0 radical (unpaired) electrons. The van der Waals surface area contributed by atoms with Crippen molar-refractivity contribution in [1.82, 2.24) is 0 Å². The maximum atomic E-state index is 13.0. The van der Waals surface area contributed by atoms with Crippen molar-refractivity contribution < 1.29 is 18.7 Å².